The molecule has 0 radical (unpaired) electrons. The number of nitrogens with zero attached hydrogens (tertiary/aromatic N) is 5. The number of hydrogen-bond acceptors (Lipinski definition) is 7. The lowest BCUT2D eigenvalue weighted by Crippen LogP contribution is -2.42. The molecule has 5 heterocycles. The van der Waals surface area contributed by atoms with Gasteiger partial charge >= 0.3 is 0 Å². The van der Waals surface area contributed by atoms with Crippen LogP contribution in [0.4, 0.5) is 0 Å². The highest BCUT2D eigenvalue weighted by atomic mass is 127. The number of aliphatic imine (C=N–C) groups is 2. The standard InChI is InChI=1S/C86H55IN6S2/c87-78-79(51-20-5-1-6-21-51)88-83(52-22-7-2-8-23-52)89-80(78)59-28-17-29-60(46-59)93-73-45-41-58(62-34-18-35-69-65-31-15-16-37-75(65)94-81(62)69)48-72(73)64-42-38-55(49-74(64)93)56-39-43-66-70-36-19-33-61(82(70)95-76(66)50-56)57-40-44-68-71(47-57)63-30-13-14-32-67(63)77(68)86-91-84(53-24-9-3-10-25-53)90-85(92-86)54-26-11-4-12-27-54/h1-5,7-20,22-50,77,86H,6,21H2,(H,90,91,92). The van der Waals surface area contributed by atoms with Gasteiger partial charge in [0.25, 0.3) is 0 Å². The number of hydrogen-bond donors (Lipinski definition) is 1. The van der Waals surface area contributed by atoms with Gasteiger partial charge in [-0.2, -0.15) is 0 Å². The lowest BCUT2D eigenvalue weighted by Gasteiger charge is -2.29. The van der Waals surface area contributed by atoms with Gasteiger partial charge < -0.3 is 9.88 Å². The molecule has 0 bridgehead atoms. The number of amidine groups is 2. The van der Waals surface area contributed by atoms with Crippen LogP contribution in [0.15, 0.2) is 301 Å². The average Bonchev–Trinajstić information content (AvgIpc) is 1.61. The Bertz CT molecular complexity index is 5970. The van der Waals surface area contributed by atoms with E-state index in [1.165, 1.54) is 107 Å². The average molecular weight is 1360 g/mol. The van der Waals surface area contributed by atoms with Crippen LogP contribution in [0, 0.1) is 3.57 Å². The number of fused-ring (bicyclic) bond motifs is 12. The molecule has 19 rings (SSSR count). The molecule has 16 aromatic rings. The SMILES string of the molecule is Ic1c(C2=CC=CCC2)nc(-c2ccccc2)nc1-c1cccc(-n2c3ccc(-c4cccc5c4sc4ccccc45)cc3c3ccc(-c4ccc5c(c4)sc4c(-c6ccc7c(c6)-c6ccccc6C7C6N=C(c7ccccc7)N=C(c7ccccc7)N6)cccc45)cc32)c1. The molecule has 2 atom stereocenters. The van der Waals surface area contributed by atoms with Crippen molar-refractivity contribution in [1.29, 1.82) is 0 Å². The topological polar surface area (TPSA) is 67.5 Å². The van der Waals surface area contributed by atoms with Crippen molar-refractivity contribution in [1.82, 2.24) is 19.9 Å². The molecule has 448 valence electrons. The van der Waals surface area contributed by atoms with Gasteiger partial charge in [-0.15, -0.1) is 22.7 Å². The molecule has 4 aromatic heterocycles. The van der Waals surface area contributed by atoms with E-state index in [0.717, 1.165) is 89.8 Å². The molecule has 2 aliphatic carbocycles. The summed E-state index contributed by atoms with van der Waals surface area (Å²) in [5, 5.41) is 11.3. The lowest BCUT2D eigenvalue weighted by atomic mass is 9.91. The van der Waals surface area contributed by atoms with E-state index < -0.39 is 0 Å². The summed E-state index contributed by atoms with van der Waals surface area (Å²) in [6.07, 6.45) is 8.26. The molecule has 0 saturated heterocycles. The Morgan fingerprint density at radius 2 is 1.03 bits per heavy atom. The summed E-state index contributed by atoms with van der Waals surface area (Å²) in [5.41, 5.74) is 22.8. The fourth-order valence-electron chi connectivity index (χ4n) is 14.8. The molecule has 0 fully saturated rings. The Balaban J connectivity index is 0.727. The van der Waals surface area contributed by atoms with Gasteiger partial charge in [0, 0.05) is 79.1 Å². The van der Waals surface area contributed by atoms with Crippen molar-refractivity contribution in [2.75, 3.05) is 0 Å². The van der Waals surface area contributed by atoms with Crippen LogP contribution >= 0.6 is 45.3 Å². The molecule has 0 amide bonds. The van der Waals surface area contributed by atoms with Crippen molar-refractivity contribution < 1.29 is 0 Å². The predicted molar refractivity (Wildman–Crippen MR) is 409 cm³/mol. The molecular formula is C86H55IN6S2. The van der Waals surface area contributed by atoms with E-state index in [-0.39, 0.29) is 12.1 Å². The molecule has 0 saturated carbocycles. The first-order valence-corrected chi connectivity index (χ1v) is 35.0. The normalized spacial score (nSPS) is 15.1. The molecule has 9 heteroatoms. The maximum absolute atomic E-state index is 5.41. The maximum Gasteiger partial charge on any atom is 0.160 e. The fraction of sp³-hybridized carbons (Fsp3) is 0.0465. The number of nitrogens with one attached hydrogen (secondary N) is 1. The Hall–Kier alpha value is -10.7. The number of rotatable bonds is 10. The minimum atomic E-state index is -0.280. The number of halogens is 1. The van der Waals surface area contributed by atoms with Crippen molar-refractivity contribution in [3.05, 3.63) is 323 Å². The van der Waals surface area contributed by atoms with E-state index in [0.29, 0.717) is 0 Å². The van der Waals surface area contributed by atoms with Crippen LogP contribution in [-0.4, -0.2) is 32.4 Å². The third-order valence-corrected chi connectivity index (χ3v) is 22.8. The summed E-state index contributed by atoms with van der Waals surface area (Å²) in [6.45, 7) is 0. The third-order valence-electron chi connectivity index (χ3n) is 19.3. The zero-order valence-corrected chi connectivity index (χ0v) is 55.0. The van der Waals surface area contributed by atoms with Gasteiger partial charge in [0.05, 0.1) is 31.9 Å². The second-order valence-electron chi connectivity index (χ2n) is 24.8. The van der Waals surface area contributed by atoms with Gasteiger partial charge in [-0.25, -0.2) is 20.0 Å². The Kier molecular flexibility index (Phi) is 13.4. The van der Waals surface area contributed by atoms with Crippen LogP contribution in [0.5, 0.6) is 0 Å². The van der Waals surface area contributed by atoms with Gasteiger partial charge in [0.15, 0.2) is 11.7 Å². The first-order chi connectivity index (χ1) is 47.0. The Labute approximate surface area is 570 Å². The molecule has 1 N–H and O–H groups in total. The minimum absolute atomic E-state index is 0.0319. The first-order valence-electron chi connectivity index (χ1n) is 32.3. The molecular weight excluding hydrogens is 1310 g/mol. The first kappa shape index (κ1) is 55.9. The van der Waals surface area contributed by atoms with Crippen LogP contribution in [-0.2, 0) is 0 Å². The van der Waals surface area contributed by atoms with Gasteiger partial charge in [-0.3, -0.25) is 0 Å². The van der Waals surface area contributed by atoms with Crippen LogP contribution in [0.3, 0.4) is 0 Å². The van der Waals surface area contributed by atoms with Crippen molar-refractivity contribution in [2.24, 2.45) is 9.98 Å². The molecule has 2 unspecified atom stereocenters. The van der Waals surface area contributed by atoms with E-state index in [9.17, 15) is 0 Å². The van der Waals surface area contributed by atoms with Crippen molar-refractivity contribution in [3.63, 3.8) is 0 Å². The highest BCUT2D eigenvalue weighted by molar-refractivity contribution is 14.1. The van der Waals surface area contributed by atoms with E-state index in [1.54, 1.807) is 0 Å². The van der Waals surface area contributed by atoms with Crippen molar-refractivity contribution in [2.45, 2.75) is 24.9 Å². The molecule has 3 aliphatic rings. The van der Waals surface area contributed by atoms with Gasteiger partial charge in [0.2, 0.25) is 0 Å². The monoisotopic (exact) mass is 1360 g/mol. The minimum Gasteiger partial charge on any atom is -0.347 e. The molecule has 95 heavy (non-hydrogen) atoms. The van der Waals surface area contributed by atoms with Crippen molar-refractivity contribution >= 4 is 125 Å². The van der Waals surface area contributed by atoms with Gasteiger partial charge in [-0.1, -0.05) is 243 Å². The molecule has 12 aromatic carbocycles. The number of allylic oxidation sites excluding steroid dienone is 4. The predicted octanol–water partition coefficient (Wildman–Crippen LogP) is 22.9. The second-order valence-corrected chi connectivity index (χ2v) is 28.0. The summed E-state index contributed by atoms with van der Waals surface area (Å²) in [4.78, 5) is 21.2. The van der Waals surface area contributed by atoms with Gasteiger partial charge in [0.1, 0.15) is 12.0 Å². The summed E-state index contributed by atoms with van der Waals surface area (Å²) in [5.74, 6) is 2.26. The fourth-order valence-corrected chi connectivity index (χ4v) is 18.2. The zero-order chi connectivity index (χ0) is 62.7. The number of thiophene rings is 2. The number of aromatic nitrogens is 3. The summed E-state index contributed by atoms with van der Waals surface area (Å²) >= 11 is 6.26. The molecule has 1 aliphatic heterocycles. The van der Waals surface area contributed by atoms with Gasteiger partial charge in [-0.05, 0) is 145 Å². The quantitative estimate of drug-likeness (QED) is 0.139. The molecule has 0 spiro atoms. The smallest absolute Gasteiger partial charge is 0.160 e. The van der Waals surface area contributed by atoms with E-state index >= 15 is 0 Å². The van der Waals surface area contributed by atoms with Crippen LogP contribution in [0.25, 0.3) is 141 Å². The Morgan fingerprint density at radius 3 is 1.82 bits per heavy atom. The Morgan fingerprint density at radius 1 is 0.421 bits per heavy atom. The zero-order valence-electron chi connectivity index (χ0n) is 51.2. The van der Waals surface area contributed by atoms with Crippen LogP contribution in [0.1, 0.15) is 46.7 Å². The lowest BCUT2D eigenvalue weighted by molar-refractivity contribution is 0.566. The van der Waals surface area contributed by atoms with E-state index in [1.807, 2.05) is 40.9 Å². The third kappa shape index (κ3) is 9.46. The summed E-state index contributed by atoms with van der Waals surface area (Å²) < 4.78 is 8.68. The highest BCUT2D eigenvalue weighted by Crippen LogP contribution is 2.51. The van der Waals surface area contributed by atoms with Crippen molar-refractivity contribution in [3.8, 4) is 72.8 Å². The summed E-state index contributed by atoms with van der Waals surface area (Å²) in [7, 11) is 0. The second kappa shape index (κ2) is 22.8. The largest absolute Gasteiger partial charge is 0.347 e. The van der Waals surface area contributed by atoms with Crippen LogP contribution < -0.4 is 5.32 Å². The number of benzene rings is 12. The highest BCUT2D eigenvalue weighted by Gasteiger charge is 2.37. The van der Waals surface area contributed by atoms with E-state index in [4.69, 9.17) is 20.0 Å². The summed E-state index contributed by atoms with van der Waals surface area (Å²) in [6, 6.07) is 99.8. The maximum atomic E-state index is 5.41. The van der Waals surface area contributed by atoms with Crippen LogP contribution in [0.2, 0.25) is 0 Å². The van der Waals surface area contributed by atoms with E-state index in [2.05, 4.69) is 305 Å². The molecule has 6 nitrogen and oxygen atoms in total.